The van der Waals surface area contributed by atoms with Crippen LogP contribution in [-0.2, 0) is 0 Å². The molecule has 0 fully saturated rings. The molecular formula is C114H66N10OS3. The summed E-state index contributed by atoms with van der Waals surface area (Å²) in [5.74, 6) is 3.74. The van der Waals surface area contributed by atoms with Crippen LogP contribution in [0.3, 0.4) is 0 Å². The Morgan fingerprint density at radius 2 is 0.508 bits per heavy atom. The summed E-state index contributed by atoms with van der Waals surface area (Å²) >= 11 is 5.58. The van der Waals surface area contributed by atoms with Crippen molar-refractivity contribution in [3.05, 3.63) is 400 Å². The van der Waals surface area contributed by atoms with E-state index in [1.165, 1.54) is 132 Å². The van der Waals surface area contributed by atoms with Gasteiger partial charge in [0.05, 0.1) is 75.2 Å². The highest BCUT2D eigenvalue weighted by Gasteiger charge is 2.28. The lowest BCUT2D eigenvalue weighted by Gasteiger charge is -2.11. The summed E-state index contributed by atoms with van der Waals surface area (Å²) in [7, 11) is 0. The lowest BCUT2D eigenvalue weighted by Crippen LogP contribution is -2.00. The molecule has 0 atom stereocenters. The SMILES string of the molecule is c1ccc(-c2nc(-c3ccccc3)nc(-c3cccc4c3oc3c(-n5c6ccccc6c6cc(-n7c8ccccc8c8ccc9c%10ccccc%10sc9c87)ccc65)cccc34)n2)cc1.c1ccc(-c2nc(-c3ccccc3)nc(-c3cccc4c3sc3c(-n5c6ccccc6c6cc(-n7c8ccccc8c8ccc9c%10ccccc%10sc9c87)ccc65)cccc34)n2)cc1. The van der Waals surface area contributed by atoms with Crippen molar-refractivity contribution < 1.29 is 4.42 Å². The van der Waals surface area contributed by atoms with E-state index in [4.69, 9.17) is 34.3 Å². The zero-order chi connectivity index (χ0) is 83.8. The zero-order valence-electron chi connectivity index (χ0n) is 68.2. The molecular weight excluding hydrogens is 1620 g/mol. The summed E-state index contributed by atoms with van der Waals surface area (Å²) in [6, 6.07) is 142. The molecule has 0 unspecified atom stereocenters. The van der Waals surface area contributed by atoms with Crippen LogP contribution in [0.2, 0.25) is 0 Å². The van der Waals surface area contributed by atoms with Crippen LogP contribution in [0.25, 0.3) is 261 Å². The maximum absolute atomic E-state index is 7.10. The van der Waals surface area contributed by atoms with Crippen molar-refractivity contribution in [2.45, 2.75) is 0 Å². The van der Waals surface area contributed by atoms with Gasteiger partial charge in [-0.05, 0) is 97.1 Å². The first-order valence-electron chi connectivity index (χ1n) is 42.9. The van der Waals surface area contributed by atoms with Crippen LogP contribution in [0.15, 0.2) is 405 Å². The Hall–Kier alpha value is -16.4. The second-order valence-corrected chi connectivity index (χ2v) is 35.8. The number of benzene rings is 18. The number of aromatic nitrogens is 10. The van der Waals surface area contributed by atoms with E-state index in [2.05, 4.69) is 316 Å². The van der Waals surface area contributed by atoms with Gasteiger partial charge in [-0.2, -0.15) is 0 Å². The van der Waals surface area contributed by atoms with E-state index in [0.29, 0.717) is 34.9 Å². The largest absolute Gasteiger partial charge is 0.453 e. The second-order valence-electron chi connectivity index (χ2n) is 32.6. The van der Waals surface area contributed by atoms with Crippen LogP contribution >= 0.6 is 34.0 Å². The van der Waals surface area contributed by atoms with E-state index in [9.17, 15) is 0 Å². The minimum Gasteiger partial charge on any atom is -0.453 e. The van der Waals surface area contributed by atoms with Crippen LogP contribution in [0.4, 0.5) is 0 Å². The highest BCUT2D eigenvalue weighted by molar-refractivity contribution is 7.27. The minimum atomic E-state index is 0.557. The van der Waals surface area contributed by atoms with Crippen LogP contribution < -0.4 is 0 Å². The number of fused-ring (bicyclic) bond motifs is 26. The van der Waals surface area contributed by atoms with Crippen molar-refractivity contribution in [1.82, 2.24) is 48.2 Å². The molecule has 11 nitrogen and oxygen atoms in total. The molecule has 14 heteroatoms. The van der Waals surface area contributed by atoms with Gasteiger partial charge in [0.25, 0.3) is 0 Å². The average Bonchev–Trinajstić information content (AvgIpc) is 1.56. The summed E-state index contributed by atoms with van der Waals surface area (Å²) in [6.45, 7) is 0. The summed E-state index contributed by atoms with van der Waals surface area (Å²) in [6.07, 6.45) is 0. The van der Waals surface area contributed by atoms with E-state index in [0.717, 1.165) is 93.8 Å². The third kappa shape index (κ3) is 11.1. The van der Waals surface area contributed by atoms with Crippen LogP contribution in [0.5, 0.6) is 0 Å². The van der Waals surface area contributed by atoms with Gasteiger partial charge in [-0.1, -0.05) is 303 Å². The second kappa shape index (κ2) is 28.6. The van der Waals surface area contributed by atoms with Crippen LogP contribution in [0, 0.1) is 0 Å². The molecule has 28 aromatic rings. The molecule has 0 bridgehead atoms. The number of nitrogens with zero attached hydrogens (tertiary/aromatic N) is 10. The Morgan fingerprint density at radius 1 is 0.188 bits per heavy atom. The quantitative estimate of drug-likeness (QED) is 0.134. The van der Waals surface area contributed by atoms with Crippen molar-refractivity contribution >= 4 is 204 Å². The molecule has 0 spiro atoms. The Kier molecular flexibility index (Phi) is 16.1. The van der Waals surface area contributed by atoms with Crippen molar-refractivity contribution in [3.8, 4) is 91.1 Å². The number of thiophene rings is 3. The summed E-state index contributed by atoms with van der Waals surface area (Å²) in [5.41, 5.74) is 20.9. The maximum Gasteiger partial charge on any atom is 0.167 e. The molecule has 18 aromatic carbocycles. The third-order valence-corrected chi connectivity index (χ3v) is 29.2. The summed E-state index contributed by atoms with van der Waals surface area (Å²) in [4.78, 5) is 30.4. The maximum atomic E-state index is 7.10. The molecule has 596 valence electrons. The third-order valence-electron chi connectivity index (χ3n) is 25.6. The van der Waals surface area contributed by atoms with Crippen LogP contribution in [0.1, 0.15) is 0 Å². The van der Waals surface area contributed by atoms with Crippen molar-refractivity contribution in [3.63, 3.8) is 0 Å². The number of hydrogen-bond acceptors (Lipinski definition) is 10. The molecule has 0 aliphatic rings. The Morgan fingerprint density at radius 3 is 0.977 bits per heavy atom. The van der Waals surface area contributed by atoms with E-state index in [1.807, 2.05) is 137 Å². The predicted octanol–water partition coefficient (Wildman–Crippen LogP) is 31.1. The van der Waals surface area contributed by atoms with Gasteiger partial charge in [-0.15, -0.1) is 34.0 Å². The smallest absolute Gasteiger partial charge is 0.167 e. The predicted molar refractivity (Wildman–Crippen MR) is 536 cm³/mol. The summed E-state index contributed by atoms with van der Waals surface area (Å²) < 4.78 is 24.5. The Labute approximate surface area is 742 Å². The Bertz CT molecular complexity index is 8830. The van der Waals surface area contributed by atoms with Gasteiger partial charge in [0.15, 0.2) is 40.5 Å². The fourth-order valence-corrected chi connectivity index (χ4v) is 23.7. The Balaban J connectivity index is 0.000000132. The van der Waals surface area contributed by atoms with E-state index in [1.54, 1.807) is 0 Å². The molecule has 0 amide bonds. The fourth-order valence-electron chi connectivity index (χ4n) is 19.9. The minimum absolute atomic E-state index is 0.557. The van der Waals surface area contributed by atoms with E-state index < -0.39 is 0 Å². The molecule has 0 N–H and O–H groups in total. The average molecular weight is 1690 g/mol. The van der Waals surface area contributed by atoms with Crippen molar-refractivity contribution in [2.75, 3.05) is 0 Å². The highest BCUT2D eigenvalue weighted by Crippen LogP contribution is 2.50. The monoisotopic (exact) mass is 1690 g/mol. The molecule has 28 rings (SSSR count). The van der Waals surface area contributed by atoms with Crippen molar-refractivity contribution in [2.24, 2.45) is 0 Å². The molecule has 128 heavy (non-hydrogen) atoms. The molecule has 0 aliphatic heterocycles. The van der Waals surface area contributed by atoms with E-state index >= 15 is 0 Å². The zero-order valence-corrected chi connectivity index (χ0v) is 70.7. The van der Waals surface area contributed by atoms with Gasteiger partial charge >= 0.3 is 0 Å². The van der Waals surface area contributed by atoms with Crippen LogP contribution in [-0.4, -0.2) is 48.2 Å². The molecule has 0 radical (unpaired) electrons. The lowest BCUT2D eigenvalue weighted by atomic mass is 10.1. The number of rotatable bonds is 10. The van der Waals surface area contributed by atoms with Gasteiger partial charge in [0.1, 0.15) is 5.58 Å². The number of furan rings is 1. The van der Waals surface area contributed by atoms with Gasteiger partial charge in [-0.25, -0.2) is 29.9 Å². The molecule has 0 aliphatic carbocycles. The first-order chi connectivity index (χ1) is 63.5. The van der Waals surface area contributed by atoms with Gasteiger partial charge < -0.3 is 22.7 Å². The van der Waals surface area contributed by atoms with Gasteiger partial charge in [0.2, 0.25) is 0 Å². The number of para-hydroxylation sites is 6. The normalized spacial score (nSPS) is 12.1. The summed E-state index contributed by atoms with van der Waals surface area (Å²) in [5, 5.41) is 19.5. The molecule has 10 heterocycles. The molecule has 0 saturated heterocycles. The van der Waals surface area contributed by atoms with Crippen molar-refractivity contribution in [1.29, 1.82) is 0 Å². The molecule has 0 saturated carbocycles. The lowest BCUT2D eigenvalue weighted by molar-refractivity contribution is 0.667. The van der Waals surface area contributed by atoms with Gasteiger partial charge in [-0.3, -0.25) is 0 Å². The van der Waals surface area contributed by atoms with E-state index in [-0.39, 0.29) is 0 Å². The van der Waals surface area contributed by atoms with Gasteiger partial charge in [0, 0.05) is 139 Å². The first-order valence-corrected chi connectivity index (χ1v) is 45.3. The highest BCUT2D eigenvalue weighted by atomic mass is 32.1. The molecule has 10 aromatic heterocycles. The fraction of sp³-hybridized carbons (Fsp3) is 0. The number of hydrogen-bond donors (Lipinski definition) is 0. The first kappa shape index (κ1) is 72.1. The topological polar surface area (TPSA) is 110 Å². The standard InChI is InChI=1S/C57H33N5OS.C57H33N5S2/c1-3-15-34(16-4-1)55-58-56(35-17-5-2-6-18-35)60-57(59-55)44-24-13-22-41-42-23-14-27-49(53(42)63-52(41)44)62-47-26-11-8-20-38(47)45-33-36(29-32-48(45)62)61-46-25-10-7-19-37(46)40-30-31-43-39-21-9-12-28-50(39)64-54(43)51(40)61;1-3-15-34(16-4-1)55-58-56(35-17-5-2-6-18-35)60-57(59-55)44-24-13-22-41-42-23-14-27-49(53(42)64-52(41)44)62-47-26-11-8-20-38(47)45-33-36(29-32-48(45)62)61-46-25-10-7-19-37(46)40-30-31-43-39-21-9-12-28-50(39)63-54(43)51(40)61/h2*1-33H.